The molecule has 0 radical (unpaired) electrons. The van der Waals surface area contributed by atoms with Crippen molar-refractivity contribution in [2.75, 3.05) is 31.6 Å². The standard InChI is InChI=1S/C29H33F3N4O/c1-17(2)36-16-18(3)37-29-24(31)13-21(14-26(29)36)28-25(32)15-33-27(34-28)12-19-5-6-22(23(30)11-19)20-7-9-35(4)10-8-20/h5-6,11,13-15,17-18,20H,7-10,12,16H2,1-4H3. The van der Waals surface area contributed by atoms with Crippen molar-refractivity contribution in [2.24, 2.45) is 0 Å². The van der Waals surface area contributed by atoms with Crippen LogP contribution in [0.2, 0.25) is 0 Å². The van der Waals surface area contributed by atoms with Gasteiger partial charge in [-0.15, -0.1) is 0 Å². The van der Waals surface area contributed by atoms with E-state index in [4.69, 9.17) is 4.74 Å². The van der Waals surface area contributed by atoms with Gasteiger partial charge >= 0.3 is 0 Å². The van der Waals surface area contributed by atoms with Crippen molar-refractivity contribution in [2.45, 2.75) is 58.1 Å². The molecule has 0 amide bonds. The van der Waals surface area contributed by atoms with Gasteiger partial charge in [-0.05, 0) is 89.0 Å². The van der Waals surface area contributed by atoms with Crippen LogP contribution in [0.1, 0.15) is 56.5 Å². The zero-order chi connectivity index (χ0) is 26.3. The third-order valence-electron chi connectivity index (χ3n) is 7.38. The Morgan fingerprint density at radius 1 is 1.03 bits per heavy atom. The Morgan fingerprint density at radius 2 is 1.78 bits per heavy atom. The molecule has 0 spiro atoms. The molecule has 1 fully saturated rings. The Labute approximate surface area is 216 Å². The molecule has 1 atom stereocenters. The first kappa shape index (κ1) is 25.5. The molecule has 37 heavy (non-hydrogen) atoms. The van der Waals surface area contributed by atoms with E-state index in [9.17, 15) is 4.39 Å². The van der Waals surface area contributed by atoms with Crippen molar-refractivity contribution < 1.29 is 17.9 Å². The minimum atomic E-state index is -0.645. The summed E-state index contributed by atoms with van der Waals surface area (Å²) < 4.78 is 50.7. The second-order valence-corrected chi connectivity index (χ2v) is 10.6. The van der Waals surface area contributed by atoms with Gasteiger partial charge in [0.2, 0.25) is 0 Å². The smallest absolute Gasteiger partial charge is 0.178 e. The molecule has 2 aliphatic rings. The number of rotatable bonds is 5. The highest BCUT2D eigenvalue weighted by Crippen LogP contribution is 2.40. The highest BCUT2D eigenvalue weighted by Gasteiger charge is 2.29. The highest BCUT2D eigenvalue weighted by molar-refractivity contribution is 5.72. The summed E-state index contributed by atoms with van der Waals surface area (Å²) >= 11 is 0. The maximum Gasteiger partial charge on any atom is 0.178 e. The number of likely N-dealkylation sites (tertiary alicyclic amines) is 1. The molecule has 5 nitrogen and oxygen atoms in total. The summed E-state index contributed by atoms with van der Waals surface area (Å²) in [5, 5.41) is 0. The van der Waals surface area contributed by atoms with Gasteiger partial charge in [-0.25, -0.2) is 23.1 Å². The van der Waals surface area contributed by atoms with Crippen LogP contribution in [-0.2, 0) is 6.42 Å². The molecule has 196 valence electrons. The minimum absolute atomic E-state index is 0.0115. The first-order valence-corrected chi connectivity index (χ1v) is 12.9. The fourth-order valence-electron chi connectivity index (χ4n) is 5.35. The lowest BCUT2D eigenvalue weighted by molar-refractivity contribution is 0.199. The molecule has 1 unspecified atom stereocenters. The predicted molar refractivity (Wildman–Crippen MR) is 139 cm³/mol. The molecule has 0 N–H and O–H groups in total. The van der Waals surface area contributed by atoms with Crippen LogP contribution in [0, 0.1) is 17.5 Å². The average molecular weight is 511 g/mol. The topological polar surface area (TPSA) is 41.5 Å². The Bertz CT molecular complexity index is 1290. The van der Waals surface area contributed by atoms with E-state index < -0.39 is 11.6 Å². The van der Waals surface area contributed by atoms with E-state index in [1.807, 2.05) is 37.8 Å². The van der Waals surface area contributed by atoms with Gasteiger partial charge in [0, 0.05) is 18.0 Å². The van der Waals surface area contributed by atoms with Crippen LogP contribution in [0.4, 0.5) is 18.9 Å². The minimum Gasteiger partial charge on any atom is -0.484 e. The third kappa shape index (κ3) is 5.30. The first-order valence-electron chi connectivity index (χ1n) is 12.9. The first-order chi connectivity index (χ1) is 17.7. The molecule has 1 saturated heterocycles. The van der Waals surface area contributed by atoms with Crippen molar-refractivity contribution in [3.8, 4) is 17.0 Å². The maximum atomic E-state index is 15.1. The Morgan fingerprint density at radius 3 is 2.49 bits per heavy atom. The van der Waals surface area contributed by atoms with Crippen LogP contribution >= 0.6 is 0 Å². The summed E-state index contributed by atoms with van der Waals surface area (Å²) in [7, 11) is 2.08. The number of aromatic nitrogens is 2. The SMILES string of the molecule is CC1CN(C(C)C)c2cc(-c3nc(Cc4ccc(C5CCN(C)CC5)c(F)c4)ncc3F)cc(F)c2O1. The van der Waals surface area contributed by atoms with E-state index >= 15 is 8.78 Å². The number of hydrogen-bond donors (Lipinski definition) is 0. The molecule has 8 heteroatoms. The van der Waals surface area contributed by atoms with Crippen LogP contribution in [0.3, 0.4) is 0 Å². The van der Waals surface area contributed by atoms with Crippen LogP contribution in [-0.4, -0.2) is 53.7 Å². The molecule has 2 aliphatic heterocycles. The van der Waals surface area contributed by atoms with Gasteiger partial charge < -0.3 is 14.5 Å². The zero-order valence-corrected chi connectivity index (χ0v) is 21.8. The van der Waals surface area contributed by atoms with E-state index in [0.717, 1.165) is 37.7 Å². The molecule has 3 aromatic rings. The highest BCUT2D eigenvalue weighted by atomic mass is 19.1. The van der Waals surface area contributed by atoms with Crippen molar-refractivity contribution >= 4 is 5.69 Å². The van der Waals surface area contributed by atoms with Gasteiger partial charge in [0.15, 0.2) is 17.4 Å². The van der Waals surface area contributed by atoms with E-state index in [1.165, 1.54) is 12.1 Å². The van der Waals surface area contributed by atoms with E-state index in [0.29, 0.717) is 29.2 Å². The monoisotopic (exact) mass is 510 g/mol. The molecule has 0 bridgehead atoms. The average Bonchev–Trinajstić information content (AvgIpc) is 2.86. The van der Waals surface area contributed by atoms with Crippen molar-refractivity contribution in [3.63, 3.8) is 0 Å². The Kier molecular flexibility index (Phi) is 7.12. The maximum absolute atomic E-state index is 15.1. The normalized spacial score (nSPS) is 18.7. The quantitative estimate of drug-likeness (QED) is 0.424. The second-order valence-electron chi connectivity index (χ2n) is 10.6. The molecule has 1 aromatic heterocycles. The van der Waals surface area contributed by atoms with Crippen molar-refractivity contribution in [1.29, 1.82) is 0 Å². The fourth-order valence-corrected chi connectivity index (χ4v) is 5.35. The lowest BCUT2D eigenvalue weighted by Crippen LogP contribution is -2.42. The van der Waals surface area contributed by atoms with Crippen molar-refractivity contribution in [1.82, 2.24) is 14.9 Å². The lowest BCUT2D eigenvalue weighted by Gasteiger charge is -2.38. The van der Waals surface area contributed by atoms with Gasteiger partial charge in [-0.1, -0.05) is 12.1 Å². The summed E-state index contributed by atoms with van der Waals surface area (Å²) in [6.45, 7) is 8.46. The van der Waals surface area contributed by atoms with E-state index in [2.05, 4.69) is 21.9 Å². The fraction of sp³-hybridized carbons (Fsp3) is 0.448. The number of nitrogens with zero attached hydrogens (tertiary/aromatic N) is 4. The van der Waals surface area contributed by atoms with E-state index in [-0.39, 0.29) is 41.7 Å². The summed E-state index contributed by atoms with van der Waals surface area (Å²) in [6.07, 6.45) is 3.05. The molecular formula is C29H33F3N4O. The molecule has 3 heterocycles. The number of piperidine rings is 1. The number of fused-ring (bicyclic) bond motifs is 1. The van der Waals surface area contributed by atoms with Crippen LogP contribution < -0.4 is 9.64 Å². The zero-order valence-electron chi connectivity index (χ0n) is 21.8. The summed E-state index contributed by atoms with van der Waals surface area (Å²) in [5.41, 5.74) is 2.35. The molecule has 2 aromatic carbocycles. The molecule has 0 aliphatic carbocycles. The largest absolute Gasteiger partial charge is 0.484 e. The Hall–Kier alpha value is -3.13. The van der Waals surface area contributed by atoms with Crippen LogP contribution in [0.25, 0.3) is 11.3 Å². The number of ether oxygens (including phenoxy) is 1. The van der Waals surface area contributed by atoms with Gasteiger partial charge in [-0.3, -0.25) is 0 Å². The summed E-state index contributed by atoms with van der Waals surface area (Å²) in [4.78, 5) is 12.9. The van der Waals surface area contributed by atoms with Gasteiger partial charge in [-0.2, -0.15) is 0 Å². The lowest BCUT2D eigenvalue weighted by atomic mass is 9.88. The van der Waals surface area contributed by atoms with Gasteiger partial charge in [0.05, 0.1) is 18.4 Å². The summed E-state index contributed by atoms with van der Waals surface area (Å²) in [5.74, 6) is -0.703. The number of anilines is 1. The summed E-state index contributed by atoms with van der Waals surface area (Å²) in [6, 6.07) is 8.35. The predicted octanol–water partition coefficient (Wildman–Crippen LogP) is 5.96. The number of benzene rings is 2. The molecule has 0 saturated carbocycles. The second kappa shape index (κ2) is 10.3. The van der Waals surface area contributed by atoms with Crippen molar-refractivity contribution in [3.05, 3.63) is 70.9 Å². The molecular weight excluding hydrogens is 477 g/mol. The molecule has 5 rings (SSSR count). The number of hydrogen-bond acceptors (Lipinski definition) is 5. The number of halogens is 3. The Balaban J connectivity index is 1.42. The third-order valence-corrected chi connectivity index (χ3v) is 7.38. The van der Waals surface area contributed by atoms with Crippen LogP contribution in [0.5, 0.6) is 5.75 Å². The van der Waals surface area contributed by atoms with Gasteiger partial charge in [0.25, 0.3) is 0 Å². The van der Waals surface area contributed by atoms with Crippen LogP contribution in [0.15, 0.2) is 36.5 Å². The van der Waals surface area contributed by atoms with Gasteiger partial charge in [0.1, 0.15) is 23.4 Å². The van der Waals surface area contributed by atoms with E-state index in [1.54, 1.807) is 6.07 Å².